The van der Waals surface area contributed by atoms with Crippen LogP contribution in [0.1, 0.15) is 12.8 Å². The van der Waals surface area contributed by atoms with Crippen LogP contribution >= 0.6 is 23.4 Å². The summed E-state index contributed by atoms with van der Waals surface area (Å²) in [7, 11) is 1.76. The second-order valence-corrected chi connectivity index (χ2v) is 7.85. The lowest BCUT2D eigenvalue weighted by Crippen LogP contribution is -2.50. The van der Waals surface area contributed by atoms with Gasteiger partial charge in [0, 0.05) is 44.7 Å². The lowest BCUT2D eigenvalue weighted by Gasteiger charge is -2.24. The van der Waals surface area contributed by atoms with Crippen molar-refractivity contribution in [2.75, 3.05) is 43.1 Å². The van der Waals surface area contributed by atoms with E-state index in [2.05, 4.69) is 25.5 Å². The van der Waals surface area contributed by atoms with Crippen molar-refractivity contribution in [2.24, 2.45) is 4.99 Å². The van der Waals surface area contributed by atoms with Crippen LogP contribution in [0.15, 0.2) is 23.3 Å². The number of hydrogen-bond donors (Lipinski definition) is 3. The molecule has 0 bridgehead atoms. The Bertz CT molecular complexity index is 594. The summed E-state index contributed by atoms with van der Waals surface area (Å²) in [6.45, 7) is 2.27. The Morgan fingerprint density at radius 1 is 1.62 bits per heavy atom. The molecule has 0 saturated carbocycles. The van der Waals surface area contributed by atoms with Gasteiger partial charge in [-0.05, 0) is 30.7 Å². The number of rotatable bonds is 4. The maximum Gasteiger partial charge on any atom is 0.191 e. The molecule has 3 rings (SSSR count). The number of pyridine rings is 1. The summed E-state index contributed by atoms with van der Waals surface area (Å²) in [4.78, 5) is 10.8. The van der Waals surface area contributed by atoms with Crippen LogP contribution in [-0.2, 0) is 0 Å². The molecule has 3 N–H and O–H groups in total. The summed E-state index contributed by atoms with van der Waals surface area (Å²) in [5.41, 5.74) is -0.620. The van der Waals surface area contributed by atoms with Gasteiger partial charge in [-0.3, -0.25) is 4.99 Å². The fourth-order valence-corrected chi connectivity index (χ4v) is 4.59. The topological polar surface area (TPSA) is 72.8 Å². The molecule has 2 aliphatic rings. The minimum atomic E-state index is -0.620. The van der Waals surface area contributed by atoms with Crippen molar-refractivity contribution in [3.05, 3.63) is 23.4 Å². The molecule has 1 aromatic rings. The third-order valence-corrected chi connectivity index (χ3v) is 5.99. The van der Waals surface area contributed by atoms with Crippen LogP contribution in [-0.4, -0.2) is 65.9 Å². The molecule has 3 heterocycles. The van der Waals surface area contributed by atoms with Gasteiger partial charge in [0.05, 0.1) is 10.6 Å². The second-order valence-electron chi connectivity index (χ2n) is 6.34. The smallest absolute Gasteiger partial charge is 0.191 e. The van der Waals surface area contributed by atoms with Gasteiger partial charge in [0.25, 0.3) is 0 Å². The molecule has 0 radical (unpaired) electrons. The highest BCUT2D eigenvalue weighted by Gasteiger charge is 2.32. The highest BCUT2D eigenvalue weighted by molar-refractivity contribution is 7.99. The number of aromatic nitrogens is 1. The van der Waals surface area contributed by atoms with Crippen molar-refractivity contribution in [3.63, 3.8) is 0 Å². The standard InChI is InChI=1S/C16H24ClN5OS/c1-18-15(20-10-16(23)5-8-24-11-16)21-12-4-7-22(9-12)14-13(17)3-2-6-19-14/h2-3,6,12,23H,4-5,7-11H2,1H3,(H2,18,20,21). The first-order valence-corrected chi connectivity index (χ1v) is 9.76. The van der Waals surface area contributed by atoms with Gasteiger partial charge in [0.2, 0.25) is 0 Å². The molecule has 2 unspecified atom stereocenters. The average Bonchev–Trinajstić information content (AvgIpc) is 3.21. The largest absolute Gasteiger partial charge is 0.387 e. The highest BCUT2D eigenvalue weighted by atomic mass is 35.5. The van der Waals surface area contributed by atoms with Gasteiger partial charge in [0.1, 0.15) is 5.82 Å². The SMILES string of the molecule is CN=C(NCC1(O)CCSC1)NC1CCN(c2ncccc2Cl)C1. The Balaban J connectivity index is 1.51. The van der Waals surface area contributed by atoms with Gasteiger partial charge < -0.3 is 20.6 Å². The van der Waals surface area contributed by atoms with E-state index >= 15 is 0 Å². The predicted molar refractivity (Wildman–Crippen MR) is 101 cm³/mol. The van der Waals surface area contributed by atoms with E-state index in [9.17, 15) is 5.11 Å². The first-order chi connectivity index (χ1) is 11.6. The summed E-state index contributed by atoms with van der Waals surface area (Å²) in [5.74, 6) is 3.38. The lowest BCUT2D eigenvalue weighted by molar-refractivity contribution is 0.0724. The minimum absolute atomic E-state index is 0.280. The zero-order valence-electron chi connectivity index (χ0n) is 13.8. The quantitative estimate of drug-likeness (QED) is 0.549. The minimum Gasteiger partial charge on any atom is -0.387 e. The zero-order chi connectivity index (χ0) is 17.0. The number of nitrogens with one attached hydrogen (secondary N) is 2. The Hall–Kier alpha value is -1.18. The molecule has 132 valence electrons. The van der Waals surface area contributed by atoms with Crippen molar-refractivity contribution in [2.45, 2.75) is 24.5 Å². The monoisotopic (exact) mass is 369 g/mol. The van der Waals surface area contributed by atoms with E-state index in [-0.39, 0.29) is 6.04 Å². The van der Waals surface area contributed by atoms with E-state index in [1.165, 1.54) is 0 Å². The average molecular weight is 370 g/mol. The van der Waals surface area contributed by atoms with Crippen LogP contribution in [0.4, 0.5) is 5.82 Å². The number of guanidine groups is 1. The van der Waals surface area contributed by atoms with Gasteiger partial charge in [-0.25, -0.2) is 4.98 Å². The normalized spacial score (nSPS) is 27.5. The van der Waals surface area contributed by atoms with Crippen LogP contribution in [0.5, 0.6) is 0 Å². The van der Waals surface area contributed by atoms with Crippen molar-refractivity contribution in [1.29, 1.82) is 0 Å². The first kappa shape index (κ1) is 17.6. The Labute approximate surface area is 152 Å². The molecular weight excluding hydrogens is 346 g/mol. The van der Waals surface area contributed by atoms with Gasteiger partial charge in [0.15, 0.2) is 5.96 Å². The van der Waals surface area contributed by atoms with E-state index in [1.807, 2.05) is 12.1 Å². The zero-order valence-corrected chi connectivity index (χ0v) is 15.4. The highest BCUT2D eigenvalue weighted by Crippen LogP contribution is 2.27. The lowest BCUT2D eigenvalue weighted by atomic mass is 10.0. The van der Waals surface area contributed by atoms with Crippen LogP contribution in [0, 0.1) is 0 Å². The fourth-order valence-electron chi connectivity index (χ4n) is 3.05. The third-order valence-electron chi connectivity index (χ3n) is 4.46. The van der Waals surface area contributed by atoms with Crippen LogP contribution in [0.25, 0.3) is 0 Å². The molecule has 8 heteroatoms. The molecule has 0 aromatic carbocycles. The molecule has 24 heavy (non-hydrogen) atoms. The molecule has 2 aliphatic heterocycles. The number of hydrogen-bond acceptors (Lipinski definition) is 5. The molecule has 0 aliphatic carbocycles. The van der Waals surface area contributed by atoms with Crippen LogP contribution in [0.2, 0.25) is 5.02 Å². The fraction of sp³-hybridized carbons (Fsp3) is 0.625. The predicted octanol–water partition coefficient (Wildman–Crippen LogP) is 1.35. The molecule has 2 saturated heterocycles. The molecule has 0 spiro atoms. The summed E-state index contributed by atoms with van der Waals surface area (Å²) < 4.78 is 0. The Morgan fingerprint density at radius 2 is 2.50 bits per heavy atom. The number of aliphatic imine (C=N–C) groups is 1. The number of halogens is 1. The number of nitrogens with zero attached hydrogens (tertiary/aromatic N) is 3. The van der Waals surface area contributed by atoms with Crippen molar-refractivity contribution >= 4 is 35.1 Å². The molecule has 2 atom stereocenters. The van der Waals surface area contributed by atoms with Crippen molar-refractivity contribution in [3.8, 4) is 0 Å². The summed E-state index contributed by atoms with van der Waals surface area (Å²) in [5, 5.41) is 17.8. The molecule has 6 nitrogen and oxygen atoms in total. The maximum atomic E-state index is 10.4. The summed E-state index contributed by atoms with van der Waals surface area (Å²) >= 11 is 8.03. The third kappa shape index (κ3) is 4.26. The molecule has 0 amide bonds. The van der Waals surface area contributed by atoms with Gasteiger partial charge in [-0.1, -0.05) is 11.6 Å². The first-order valence-electron chi connectivity index (χ1n) is 8.22. The number of aliphatic hydroxyl groups is 1. The Morgan fingerprint density at radius 3 is 3.21 bits per heavy atom. The van der Waals surface area contributed by atoms with E-state index in [0.29, 0.717) is 11.6 Å². The van der Waals surface area contributed by atoms with Crippen LogP contribution in [0.3, 0.4) is 0 Å². The summed E-state index contributed by atoms with van der Waals surface area (Å²) in [6.07, 6.45) is 3.59. The van der Waals surface area contributed by atoms with E-state index in [1.54, 1.807) is 25.0 Å². The summed E-state index contributed by atoms with van der Waals surface area (Å²) in [6, 6.07) is 3.99. The Kier molecular flexibility index (Phi) is 5.73. The van der Waals surface area contributed by atoms with E-state index in [0.717, 1.165) is 49.2 Å². The molecule has 2 fully saturated rings. The van der Waals surface area contributed by atoms with Gasteiger partial charge in [-0.2, -0.15) is 11.8 Å². The number of anilines is 1. The van der Waals surface area contributed by atoms with Crippen LogP contribution < -0.4 is 15.5 Å². The van der Waals surface area contributed by atoms with Gasteiger partial charge >= 0.3 is 0 Å². The second kappa shape index (κ2) is 7.80. The molecular formula is C16H24ClN5OS. The maximum absolute atomic E-state index is 10.4. The van der Waals surface area contributed by atoms with Gasteiger partial charge in [-0.15, -0.1) is 0 Å². The van der Waals surface area contributed by atoms with Crippen molar-refractivity contribution in [1.82, 2.24) is 15.6 Å². The van der Waals surface area contributed by atoms with E-state index < -0.39 is 5.60 Å². The van der Waals surface area contributed by atoms with E-state index in [4.69, 9.17) is 11.6 Å². The van der Waals surface area contributed by atoms with Crippen molar-refractivity contribution < 1.29 is 5.11 Å². The molecule has 1 aromatic heterocycles. The number of thioether (sulfide) groups is 1.